The van der Waals surface area contributed by atoms with Gasteiger partial charge in [-0.3, -0.25) is 4.55 Å². The van der Waals surface area contributed by atoms with Crippen LogP contribution in [0.2, 0.25) is 0 Å². The van der Waals surface area contributed by atoms with Gasteiger partial charge < -0.3 is 4.90 Å². The summed E-state index contributed by atoms with van der Waals surface area (Å²) in [6, 6.07) is 16.5. The number of thiazole rings is 1. The first-order valence-electron chi connectivity index (χ1n) is 10.1. The van der Waals surface area contributed by atoms with Crippen LogP contribution in [0.1, 0.15) is 24.5 Å². The van der Waals surface area contributed by atoms with Crippen molar-refractivity contribution in [3.8, 4) is 0 Å². The predicted octanol–water partition coefficient (Wildman–Crippen LogP) is 5.06. The molecular weight excluding hydrogens is 432 g/mol. The van der Waals surface area contributed by atoms with Gasteiger partial charge in [0.2, 0.25) is 0 Å². The van der Waals surface area contributed by atoms with Gasteiger partial charge in [0.25, 0.3) is 10.1 Å². The summed E-state index contributed by atoms with van der Waals surface area (Å²) in [5.74, 6) is -0.274. The van der Waals surface area contributed by atoms with E-state index in [4.69, 9.17) is 4.55 Å². The van der Waals surface area contributed by atoms with Crippen molar-refractivity contribution in [1.29, 1.82) is 0 Å². The molecule has 1 heterocycles. The van der Waals surface area contributed by atoms with E-state index in [0.717, 1.165) is 30.0 Å². The summed E-state index contributed by atoms with van der Waals surface area (Å²) < 4.78 is 32.5. The Balaban J connectivity index is 1.69. The van der Waals surface area contributed by atoms with E-state index in [2.05, 4.69) is 58.5 Å². The largest absolute Gasteiger partial charge is 0.408 e. The molecule has 1 aromatic heterocycles. The molecule has 2 aromatic carbocycles. The van der Waals surface area contributed by atoms with Crippen molar-refractivity contribution in [2.75, 3.05) is 17.2 Å². The summed E-state index contributed by atoms with van der Waals surface area (Å²) in [7, 11) is -3.95. The number of hydrogen-bond donors (Lipinski definition) is 1. The van der Waals surface area contributed by atoms with Crippen LogP contribution in [-0.2, 0) is 23.2 Å². The molecule has 9 heteroatoms. The highest BCUT2D eigenvalue weighted by atomic mass is 32.2. The molecule has 0 aliphatic heterocycles. The number of rotatable bonds is 10. The third-order valence-corrected chi connectivity index (χ3v) is 6.44. The van der Waals surface area contributed by atoms with Gasteiger partial charge >= 0.3 is 5.13 Å². The van der Waals surface area contributed by atoms with E-state index in [1.165, 1.54) is 16.9 Å². The molecule has 0 aliphatic carbocycles. The molecule has 7 nitrogen and oxygen atoms in total. The molecular formula is C22H27N4O3S2+. The number of anilines is 1. The summed E-state index contributed by atoms with van der Waals surface area (Å²) in [6.07, 6.45) is 2.15. The minimum Gasteiger partial charge on any atom is -0.367 e. The molecule has 31 heavy (non-hydrogen) atoms. The second-order valence-corrected chi connectivity index (χ2v) is 9.63. The highest BCUT2D eigenvalue weighted by Gasteiger charge is 2.14. The molecule has 0 saturated carbocycles. The van der Waals surface area contributed by atoms with Crippen LogP contribution in [-0.4, -0.2) is 25.3 Å². The van der Waals surface area contributed by atoms with Crippen molar-refractivity contribution in [3.05, 3.63) is 71.2 Å². The van der Waals surface area contributed by atoms with E-state index in [-0.39, 0.29) is 5.75 Å². The van der Waals surface area contributed by atoms with Crippen molar-refractivity contribution in [1.82, 2.24) is 0 Å². The summed E-state index contributed by atoms with van der Waals surface area (Å²) in [5.41, 5.74) is 4.22. The van der Waals surface area contributed by atoms with Crippen molar-refractivity contribution in [3.63, 3.8) is 0 Å². The zero-order valence-corrected chi connectivity index (χ0v) is 19.3. The topological polar surface area (TPSA) is 86.2 Å². The molecule has 0 spiro atoms. The second kappa shape index (κ2) is 10.6. The lowest BCUT2D eigenvalue weighted by atomic mass is 10.1. The van der Waals surface area contributed by atoms with E-state index >= 15 is 0 Å². The number of aryl methyl sites for hydroxylation is 2. The van der Waals surface area contributed by atoms with Gasteiger partial charge in [-0.15, -0.1) is 0 Å². The van der Waals surface area contributed by atoms with Crippen LogP contribution in [0, 0.1) is 6.92 Å². The normalized spacial score (nSPS) is 11.8. The van der Waals surface area contributed by atoms with E-state index in [1.807, 2.05) is 35.2 Å². The molecule has 3 rings (SSSR count). The van der Waals surface area contributed by atoms with Crippen LogP contribution in [0.4, 0.5) is 16.5 Å². The first-order valence-corrected chi connectivity index (χ1v) is 12.6. The lowest BCUT2D eigenvalue weighted by molar-refractivity contribution is -0.680. The third-order valence-electron chi connectivity index (χ3n) is 4.85. The maximum absolute atomic E-state index is 10.9. The molecule has 1 N–H and O–H groups in total. The standard InChI is InChI=1S/C22H26N4O3S2/c1-3-25(17-19-8-5-4-6-9-19)20-10-11-21(18(2)16-20)23-24-22-26(13-14-30-22)12-7-15-31(27,28)29/h4-6,8-11,13-14,16H,3,7,12,15,17H2,1-2H3/p+1. The average Bonchev–Trinajstić information content (AvgIpc) is 3.18. The van der Waals surface area contributed by atoms with Crippen LogP contribution in [0.5, 0.6) is 0 Å². The quantitative estimate of drug-likeness (QED) is 0.261. The Morgan fingerprint density at radius 1 is 1.13 bits per heavy atom. The van der Waals surface area contributed by atoms with E-state index < -0.39 is 10.1 Å². The molecule has 0 fully saturated rings. The van der Waals surface area contributed by atoms with Crippen LogP contribution >= 0.6 is 11.3 Å². The molecule has 0 unspecified atom stereocenters. The highest BCUT2D eigenvalue weighted by Crippen LogP contribution is 2.27. The number of benzene rings is 2. The van der Waals surface area contributed by atoms with Crippen molar-refractivity contribution < 1.29 is 17.5 Å². The fraction of sp³-hybridized carbons (Fsp3) is 0.318. The molecule has 164 valence electrons. The Morgan fingerprint density at radius 2 is 1.90 bits per heavy atom. The van der Waals surface area contributed by atoms with Crippen molar-refractivity contribution in [2.45, 2.75) is 33.4 Å². The van der Waals surface area contributed by atoms with Gasteiger partial charge in [-0.2, -0.15) is 8.42 Å². The minimum absolute atomic E-state index is 0.274. The number of hydrogen-bond acceptors (Lipinski definition) is 6. The van der Waals surface area contributed by atoms with E-state index in [1.54, 1.807) is 0 Å². The molecule has 0 radical (unpaired) electrons. The SMILES string of the molecule is CCN(Cc1ccccc1)c1ccc(N=Nc2scc[n+]2CCCS(=O)(=O)O)c(C)c1. The average molecular weight is 460 g/mol. The monoisotopic (exact) mass is 459 g/mol. The summed E-state index contributed by atoms with van der Waals surface area (Å²) >= 11 is 1.43. The molecule has 0 bridgehead atoms. The van der Waals surface area contributed by atoms with E-state index in [0.29, 0.717) is 18.1 Å². The number of azo groups is 1. The number of aromatic nitrogens is 1. The van der Waals surface area contributed by atoms with Gasteiger partial charge in [0.1, 0.15) is 11.9 Å². The van der Waals surface area contributed by atoms with Gasteiger partial charge in [-0.1, -0.05) is 30.3 Å². The smallest absolute Gasteiger partial charge is 0.367 e. The molecule has 0 aliphatic rings. The molecule has 3 aromatic rings. The second-order valence-electron chi connectivity index (χ2n) is 7.19. The van der Waals surface area contributed by atoms with Gasteiger partial charge in [-0.25, -0.2) is 4.57 Å². The van der Waals surface area contributed by atoms with Gasteiger partial charge in [0.15, 0.2) is 0 Å². The zero-order valence-electron chi connectivity index (χ0n) is 17.7. The Kier molecular flexibility index (Phi) is 7.89. The Hall–Kier alpha value is -2.62. The Bertz CT molecular complexity index is 1130. The predicted molar refractivity (Wildman–Crippen MR) is 124 cm³/mol. The van der Waals surface area contributed by atoms with Gasteiger partial charge in [-0.05, 0) is 59.6 Å². The highest BCUT2D eigenvalue weighted by molar-refractivity contribution is 7.85. The third kappa shape index (κ3) is 6.95. The maximum atomic E-state index is 10.9. The van der Waals surface area contributed by atoms with Crippen molar-refractivity contribution in [2.24, 2.45) is 10.2 Å². The lowest BCUT2D eigenvalue weighted by Crippen LogP contribution is -2.31. The summed E-state index contributed by atoms with van der Waals surface area (Å²) in [5, 5.41) is 11.3. The van der Waals surface area contributed by atoms with Crippen LogP contribution in [0.25, 0.3) is 0 Å². The number of nitrogens with zero attached hydrogens (tertiary/aromatic N) is 4. The van der Waals surface area contributed by atoms with E-state index in [9.17, 15) is 8.42 Å². The maximum Gasteiger partial charge on any atom is 0.408 e. The Labute approximate surface area is 187 Å². The van der Waals surface area contributed by atoms with Crippen LogP contribution in [0.3, 0.4) is 0 Å². The van der Waals surface area contributed by atoms with Gasteiger partial charge in [0, 0.05) is 30.6 Å². The first kappa shape index (κ1) is 23.1. The molecule has 0 amide bonds. The zero-order chi connectivity index (χ0) is 22.3. The lowest BCUT2D eigenvalue weighted by Gasteiger charge is -2.23. The van der Waals surface area contributed by atoms with Crippen LogP contribution < -0.4 is 9.47 Å². The van der Waals surface area contributed by atoms with Crippen LogP contribution in [0.15, 0.2) is 70.3 Å². The summed E-state index contributed by atoms with van der Waals surface area (Å²) in [4.78, 5) is 2.31. The Morgan fingerprint density at radius 3 is 2.58 bits per heavy atom. The summed E-state index contributed by atoms with van der Waals surface area (Å²) in [6.45, 7) is 6.34. The fourth-order valence-corrected chi connectivity index (χ4v) is 4.40. The van der Waals surface area contributed by atoms with Crippen molar-refractivity contribution >= 4 is 38.0 Å². The minimum atomic E-state index is -3.95. The molecule has 0 atom stereocenters. The fourth-order valence-electron chi connectivity index (χ4n) is 3.20. The molecule has 0 saturated heterocycles. The first-order chi connectivity index (χ1) is 14.9. The van der Waals surface area contributed by atoms with Gasteiger partial charge in [0.05, 0.1) is 17.4 Å².